The zero-order valence-corrected chi connectivity index (χ0v) is 16.6. The Kier molecular flexibility index (Phi) is 7.11. The molecule has 2 aromatic heterocycles. The third-order valence-electron chi connectivity index (χ3n) is 3.71. The molecule has 1 aromatic carbocycles. The van der Waals surface area contributed by atoms with Gasteiger partial charge in [0.15, 0.2) is 5.96 Å². The summed E-state index contributed by atoms with van der Waals surface area (Å²) < 4.78 is 1.74. The van der Waals surface area contributed by atoms with Gasteiger partial charge in [-0.25, -0.2) is 9.98 Å². The molecule has 7 nitrogen and oxygen atoms in total. The second kappa shape index (κ2) is 9.30. The second-order valence-electron chi connectivity index (χ2n) is 5.34. The van der Waals surface area contributed by atoms with Crippen LogP contribution in [0.3, 0.4) is 0 Å². The predicted molar refractivity (Wildman–Crippen MR) is 110 cm³/mol. The van der Waals surface area contributed by atoms with E-state index in [-0.39, 0.29) is 24.0 Å². The minimum absolute atomic E-state index is 0. The normalized spacial score (nSPS) is 11.2. The van der Waals surface area contributed by atoms with Gasteiger partial charge in [-0.2, -0.15) is 5.10 Å². The second-order valence-corrected chi connectivity index (χ2v) is 5.34. The third kappa shape index (κ3) is 4.88. The van der Waals surface area contributed by atoms with E-state index in [0.717, 1.165) is 34.8 Å². The van der Waals surface area contributed by atoms with E-state index in [2.05, 4.69) is 36.8 Å². The molecule has 0 fully saturated rings. The molecule has 0 unspecified atom stereocenters. The van der Waals surface area contributed by atoms with Crippen LogP contribution in [0.2, 0.25) is 0 Å². The topological polar surface area (TPSA) is 80.0 Å². The molecule has 2 N–H and O–H groups in total. The molecule has 3 aromatic rings. The Balaban J connectivity index is 0.00000225. The van der Waals surface area contributed by atoms with Crippen LogP contribution in [0, 0.1) is 0 Å². The number of guanidine groups is 1. The Morgan fingerprint density at radius 3 is 2.76 bits per heavy atom. The first-order chi connectivity index (χ1) is 11.8. The molecule has 3 rings (SSSR count). The summed E-state index contributed by atoms with van der Waals surface area (Å²) in [6.45, 7) is 3.99. The summed E-state index contributed by atoms with van der Waals surface area (Å²) in [5, 5.41) is 11.7. The van der Waals surface area contributed by atoms with Crippen LogP contribution in [0.4, 0.5) is 0 Å². The lowest BCUT2D eigenvalue weighted by Crippen LogP contribution is -2.37. The first-order valence-electron chi connectivity index (χ1n) is 7.95. The summed E-state index contributed by atoms with van der Waals surface area (Å²) in [5.41, 5.74) is 2.14. The van der Waals surface area contributed by atoms with Gasteiger partial charge in [-0.1, -0.05) is 18.2 Å². The highest BCUT2D eigenvalue weighted by atomic mass is 127. The number of aryl methyl sites for hydroxylation is 1. The first-order valence-corrected chi connectivity index (χ1v) is 7.95. The van der Waals surface area contributed by atoms with Crippen molar-refractivity contribution in [3.05, 3.63) is 54.2 Å². The molecular formula is C17H22IN7. The summed E-state index contributed by atoms with van der Waals surface area (Å²) in [4.78, 5) is 13.3. The van der Waals surface area contributed by atoms with Crippen molar-refractivity contribution < 1.29 is 0 Å². The third-order valence-corrected chi connectivity index (χ3v) is 3.71. The summed E-state index contributed by atoms with van der Waals surface area (Å²) >= 11 is 0. The molecule has 0 aliphatic rings. The Hall–Kier alpha value is -2.23. The van der Waals surface area contributed by atoms with Crippen LogP contribution in [0.1, 0.15) is 18.3 Å². The maximum Gasteiger partial charge on any atom is 0.191 e. The van der Waals surface area contributed by atoms with E-state index in [1.54, 1.807) is 11.0 Å². The number of nitrogens with zero attached hydrogens (tertiary/aromatic N) is 5. The van der Waals surface area contributed by atoms with Gasteiger partial charge in [-0.3, -0.25) is 9.67 Å². The van der Waals surface area contributed by atoms with Crippen LogP contribution in [-0.4, -0.2) is 32.3 Å². The number of aromatic nitrogens is 4. The van der Waals surface area contributed by atoms with Crippen molar-refractivity contribution in [3.8, 4) is 0 Å². The SMILES string of the molecule is CCNC(=NCc1ccnc2ccccc12)NCc1ncnn1C.I. The van der Waals surface area contributed by atoms with Gasteiger partial charge in [-0.15, -0.1) is 24.0 Å². The average molecular weight is 451 g/mol. The Labute approximate surface area is 164 Å². The van der Waals surface area contributed by atoms with Gasteiger partial charge >= 0.3 is 0 Å². The number of rotatable bonds is 5. The molecule has 0 bridgehead atoms. The lowest BCUT2D eigenvalue weighted by Gasteiger charge is -2.11. The van der Waals surface area contributed by atoms with Crippen LogP contribution < -0.4 is 10.6 Å². The van der Waals surface area contributed by atoms with Crippen LogP contribution in [0.25, 0.3) is 10.9 Å². The quantitative estimate of drug-likeness (QED) is 0.354. The number of nitrogens with one attached hydrogen (secondary N) is 2. The van der Waals surface area contributed by atoms with Gasteiger partial charge < -0.3 is 10.6 Å². The molecule has 0 spiro atoms. The number of aliphatic imine (C=N–C) groups is 1. The van der Waals surface area contributed by atoms with Gasteiger partial charge in [0.05, 0.1) is 18.6 Å². The van der Waals surface area contributed by atoms with Crippen molar-refractivity contribution in [2.75, 3.05) is 6.54 Å². The summed E-state index contributed by atoms with van der Waals surface area (Å²) in [5.74, 6) is 1.61. The van der Waals surface area contributed by atoms with Gasteiger partial charge in [0.25, 0.3) is 0 Å². The summed E-state index contributed by atoms with van der Waals surface area (Å²) in [6.07, 6.45) is 3.37. The van der Waals surface area contributed by atoms with Crippen molar-refractivity contribution in [1.82, 2.24) is 30.4 Å². The van der Waals surface area contributed by atoms with E-state index < -0.39 is 0 Å². The summed E-state index contributed by atoms with van der Waals surface area (Å²) in [7, 11) is 1.87. The molecule has 0 atom stereocenters. The summed E-state index contributed by atoms with van der Waals surface area (Å²) in [6, 6.07) is 10.1. The van der Waals surface area contributed by atoms with Gasteiger partial charge in [0.1, 0.15) is 12.2 Å². The van der Waals surface area contributed by atoms with Gasteiger partial charge in [0.2, 0.25) is 0 Å². The lowest BCUT2D eigenvalue weighted by atomic mass is 10.1. The van der Waals surface area contributed by atoms with Crippen molar-refractivity contribution in [3.63, 3.8) is 0 Å². The molecule has 8 heteroatoms. The molecule has 0 amide bonds. The van der Waals surface area contributed by atoms with E-state index in [1.165, 1.54) is 0 Å². The van der Waals surface area contributed by atoms with Crippen molar-refractivity contribution in [2.24, 2.45) is 12.0 Å². The standard InChI is InChI=1S/C17H21N7.HI/c1-3-18-17(21-11-16-22-12-23-24(16)2)20-10-13-8-9-19-15-7-5-4-6-14(13)15;/h4-9,12H,3,10-11H2,1-2H3,(H2,18,20,21);1H. The maximum atomic E-state index is 4.67. The Bertz CT molecular complexity index is 838. The predicted octanol–water partition coefficient (Wildman–Crippen LogP) is 2.24. The van der Waals surface area contributed by atoms with E-state index in [0.29, 0.717) is 13.1 Å². The molecular weight excluding hydrogens is 429 g/mol. The molecule has 132 valence electrons. The smallest absolute Gasteiger partial charge is 0.191 e. The highest BCUT2D eigenvalue weighted by Gasteiger charge is 2.04. The number of fused-ring (bicyclic) bond motifs is 1. The minimum Gasteiger partial charge on any atom is -0.357 e. The lowest BCUT2D eigenvalue weighted by molar-refractivity contribution is 0.673. The van der Waals surface area contributed by atoms with Gasteiger partial charge in [0, 0.05) is 25.2 Å². The van der Waals surface area contributed by atoms with Crippen LogP contribution >= 0.6 is 24.0 Å². The zero-order valence-electron chi connectivity index (χ0n) is 14.3. The fraction of sp³-hybridized carbons (Fsp3) is 0.294. The maximum absolute atomic E-state index is 4.67. The molecule has 0 saturated carbocycles. The van der Waals surface area contributed by atoms with Crippen LogP contribution in [0.5, 0.6) is 0 Å². The molecule has 25 heavy (non-hydrogen) atoms. The number of para-hydroxylation sites is 1. The molecule has 0 aliphatic heterocycles. The number of benzene rings is 1. The molecule has 0 saturated heterocycles. The molecule has 0 aliphatic carbocycles. The van der Waals surface area contributed by atoms with E-state index >= 15 is 0 Å². The van der Waals surface area contributed by atoms with E-state index in [1.807, 2.05) is 44.4 Å². The highest BCUT2D eigenvalue weighted by Crippen LogP contribution is 2.16. The van der Waals surface area contributed by atoms with E-state index in [4.69, 9.17) is 0 Å². The largest absolute Gasteiger partial charge is 0.357 e. The average Bonchev–Trinajstić information content (AvgIpc) is 3.02. The van der Waals surface area contributed by atoms with E-state index in [9.17, 15) is 0 Å². The minimum atomic E-state index is 0. The fourth-order valence-electron chi connectivity index (χ4n) is 2.44. The molecule has 0 radical (unpaired) electrons. The Morgan fingerprint density at radius 2 is 2.00 bits per heavy atom. The number of halogens is 1. The van der Waals surface area contributed by atoms with Crippen molar-refractivity contribution in [1.29, 1.82) is 0 Å². The van der Waals surface area contributed by atoms with Crippen LogP contribution in [-0.2, 0) is 20.1 Å². The van der Waals surface area contributed by atoms with Crippen molar-refractivity contribution >= 4 is 40.8 Å². The van der Waals surface area contributed by atoms with Gasteiger partial charge in [-0.05, 0) is 24.6 Å². The number of hydrogen-bond acceptors (Lipinski definition) is 4. The molecule has 2 heterocycles. The fourth-order valence-corrected chi connectivity index (χ4v) is 2.44. The first kappa shape index (κ1) is 19.1. The Morgan fingerprint density at radius 1 is 1.16 bits per heavy atom. The monoisotopic (exact) mass is 451 g/mol. The number of hydrogen-bond donors (Lipinski definition) is 2. The van der Waals surface area contributed by atoms with Crippen LogP contribution in [0.15, 0.2) is 47.8 Å². The highest BCUT2D eigenvalue weighted by molar-refractivity contribution is 14.0. The zero-order chi connectivity index (χ0) is 16.8. The van der Waals surface area contributed by atoms with Crippen molar-refractivity contribution in [2.45, 2.75) is 20.0 Å². The number of pyridine rings is 1.